The fraction of sp³-hybridized carbons (Fsp3) is 0.136. The van der Waals surface area contributed by atoms with Crippen LogP contribution in [0.1, 0.15) is 11.1 Å². The second-order valence-corrected chi connectivity index (χ2v) is 8.36. The van der Waals surface area contributed by atoms with Crippen molar-refractivity contribution in [3.05, 3.63) is 83.9 Å². The molecule has 0 radical (unpaired) electrons. The van der Waals surface area contributed by atoms with Gasteiger partial charge in [-0.15, -0.1) is 0 Å². The maximum absolute atomic E-state index is 12.7. The first-order valence-electron chi connectivity index (χ1n) is 8.85. The number of nitrogens with one attached hydrogen (secondary N) is 1. The van der Waals surface area contributed by atoms with Crippen LogP contribution in [0.5, 0.6) is 0 Å². The molecule has 1 N–H and O–H groups in total. The number of nitrogens with zero attached hydrogens (tertiary/aromatic N) is 2. The van der Waals surface area contributed by atoms with Gasteiger partial charge in [-0.1, -0.05) is 42.0 Å². The number of anilines is 2. The molecule has 0 aliphatic heterocycles. The topological polar surface area (TPSA) is 61.8 Å². The number of aliphatic imine (C=N–C) groups is 1. The number of hydrogen-bond acceptors (Lipinski definition) is 4. The third kappa shape index (κ3) is 4.78. The van der Waals surface area contributed by atoms with Gasteiger partial charge in [-0.05, 0) is 48.9 Å². The molecule has 0 unspecified atom stereocenters. The third-order valence-electron chi connectivity index (χ3n) is 4.24. The summed E-state index contributed by atoms with van der Waals surface area (Å²) in [5, 5.41) is 0. The van der Waals surface area contributed by atoms with Gasteiger partial charge in [-0.2, -0.15) is 0 Å². The molecule has 28 heavy (non-hydrogen) atoms. The Balaban J connectivity index is 1.84. The van der Waals surface area contributed by atoms with E-state index in [9.17, 15) is 8.42 Å². The van der Waals surface area contributed by atoms with Crippen LogP contribution in [-0.4, -0.2) is 28.7 Å². The molecule has 0 saturated heterocycles. The van der Waals surface area contributed by atoms with Gasteiger partial charge in [-0.25, -0.2) is 8.42 Å². The zero-order valence-electron chi connectivity index (χ0n) is 16.1. The summed E-state index contributed by atoms with van der Waals surface area (Å²) in [5.41, 5.74) is 4.02. The van der Waals surface area contributed by atoms with Crippen LogP contribution in [0, 0.1) is 6.92 Å². The summed E-state index contributed by atoms with van der Waals surface area (Å²) in [7, 11) is 0.291. The lowest BCUT2D eigenvalue weighted by atomic mass is 10.2. The van der Waals surface area contributed by atoms with Gasteiger partial charge in [0, 0.05) is 26.0 Å². The van der Waals surface area contributed by atoms with Crippen LogP contribution >= 0.6 is 0 Å². The van der Waals surface area contributed by atoms with Crippen LogP contribution in [0.2, 0.25) is 0 Å². The molecule has 0 amide bonds. The third-order valence-corrected chi connectivity index (χ3v) is 5.62. The average Bonchev–Trinajstić information content (AvgIpc) is 2.68. The number of benzene rings is 3. The first-order valence-corrected chi connectivity index (χ1v) is 10.3. The van der Waals surface area contributed by atoms with Gasteiger partial charge in [0.1, 0.15) is 0 Å². The van der Waals surface area contributed by atoms with E-state index in [1.54, 1.807) is 48.7 Å². The fourth-order valence-corrected chi connectivity index (χ4v) is 3.67. The summed E-state index contributed by atoms with van der Waals surface area (Å²) in [6, 6.07) is 21.8. The molecule has 0 heterocycles. The molecule has 0 aliphatic carbocycles. The molecule has 0 saturated carbocycles. The van der Waals surface area contributed by atoms with Gasteiger partial charge in [0.15, 0.2) is 0 Å². The molecule has 144 valence electrons. The lowest BCUT2D eigenvalue weighted by molar-refractivity contribution is 0.601. The van der Waals surface area contributed by atoms with E-state index in [1.807, 2.05) is 56.3 Å². The molecule has 3 rings (SSSR count). The summed E-state index contributed by atoms with van der Waals surface area (Å²) in [6.45, 7) is 1.92. The van der Waals surface area contributed by atoms with E-state index in [0.717, 1.165) is 16.8 Å². The first-order chi connectivity index (χ1) is 13.3. The minimum absolute atomic E-state index is 0.219. The molecular formula is C22H23N3O2S. The Kier molecular flexibility index (Phi) is 5.80. The normalized spacial score (nSPS) is 11.5. The van der Waals surface area contributed by atoms with Crippen molar-refractivity contribution in [1.82, 2.24) is 0 Å². The van der Waals surface area contributed by atoms with Crippen molar-refractivity contribution in [2.75, 3.05) is 23.7 Å². The predicted octanol–water partition coefficient (Wildman–Crippen LogP) is 4.61. The highest BCUT2D eigenvalue weighted by Crippen LogP contribution is 2.27. The van der Waals surface area contributed by atoms with Gasteiger partial charge in [0.25, 0.3) is 10.0 Å². The van der Waals surface area contributed by atoms with E-state index in [1.165, 1.54) is 0 Å². The summed E-state index contributed by atoms with van der Waals surface area (Å²) >= 11 is 0. The Hall–Kier alpha value is -3.12. The monoisotopic (exact) mass is 393 g/mol. The Morgan fingerprint density at radius 2 is 1.54 bits per heavy atom. The molecule has 0 atom stereocenters. The van der Waals surface area contributed by atoms with E-state index >= 15 is 0 Å². The van der Waals surface area contributed by atoms with Crippen LogP contribution in [0.4, 0.5) is 17.1 Å². The number of rotatable bonds is 6. The maximum atomic E-state index is 12.7. The van der Waals surface area contributed by atoms with E-state index in [2.05, 4.69) is 9.71 Å². The van der Waals surface area contributed by atoms with Crippen molar-refractivity contribution in [2.45, 2.75) is 11.8 Å². The van der Waals surface area contributed by atoms with Crippen LogP contribution in [-0.2, 0) is 10.0 Å². The van der Waals surface area contributed by atoms with E-state index < -0.39 is 10.0 Å². The lowest BCUT2D eigenvalue weighted by Gasteiger charge is -2.12. The largest absolute Gasteiger partial charge is 0.378 e. The van der Waals surface area contributed by atoms with Crippen molar-refractivity contribution in [1.29, 1.82) is 0 Å². The Morgan fingerprint density at radius 1 is 0.893 bits per heavy atom. The molecule has 0 bridgehead atoms. The molecule has 3 aromatic carbocycles. The second-order valence-electron chi connectivity index (χ2n) is 6.68. The van der Waals surface area contributed by atoms with Crippen LogP contribution < -0.4 is 9.62 Å². The summed E-state index contributed by atoms with van der Waals surface area (Å²) in [4.78, 5) is 6.72. The number of sulfonamides is 1. The molecule has 0 spiro atoms. The smallest absolute Gasteiger partial charge is 0.261 e. The lowest BCUT2D eigenvalue weighted by Crippen LogP contribution is -2.13. The highest BCUT2D eigenvalue weighted by Gasteiger charge is 2.15. The van der Waals surface area contributed by atoms with Gasteiger partial charge >= 0.3 is 0 Å². The first kappa shape index (κ1) is 19.6. The fourth-order valence-electron chi connectivity index (χ4n) is 2.60. The van der Waals surface area contributed by atoms with Gasteiger partial charge in [-0.3, -0.25) is 9.71 Å². The van der Waals surface area contributed by atoms with Crippen molar-refractivity contribution < 1.29 is 8.42 Å². The van der Waals surface area contributed by atoms with Crippen LogP contribution in [0.3, 0.4) is 0 Å². The second kappa shape index (κ2) is 8.27. The minimum atomic E-state index is -3.68. The van der Waals surface area contributed by atoms with E-state index in [4.69, 9.17) is 0 Å². The summed E-state index contributed by atoms with van der Waals surface area (Å²) < 4.78 is 28.0. The van der Waals surface area contributed by atoms with Crippen molar-refractivity contribution >= 4 is 33.3 Å². The van der Waals surface area contributed by atoms with Gasteiger partial charge in [0.05, 0.1) is 16.3 Å². The van der Waals surface area contributed by atoms with E-state index in [-0.39, 0.29) is 4.90 Å². The highest BCUT2D eigenvalue weighted by molar-refractivity contribution is 7.92. The van der Waals surface area contributed by atoms with Crippen molar-refractivity contribution in [2.24, 2.45) is 4.99 Å². The minimum Gasteiger partial charge on any atom is -0.378 e. The average molecular weight is 394 g/mol. The molecule has 3 aromatic rings. The van der Waals surface area contributed by atoms with Crippen LogP contribution in [0.25, 0.3) is 0 Å². The molecule has 0 fully saturated rings. The van der Waals surface area contributed by atoms with Crippen molar-refractivity contribution in [3.8, 4) is 0 Å². The molecular weight excluding hydrogens is 370 g/mol. The molecule has 0 aliphatic rings. The van der Waals surface area contributed by atoms with Crippen LogP contribution in [0.15, 0.2) is 82.7 Å². The quantitative estimate of drug-likeness (QED) is 0.622. The molecule has 5 nitrogen and oxygen atoms in total. The Labute approximate surface area is 166 Å². The highest BCUT2D eigenvalue weighted by atomic mass is 32.2. The number of hydrogen-bond donors (Lipinski definition) is 1. The van der Waals surface area contributed by atoms with Gasteiger partial charge in [0.2, 0.25) is 0 Å². The van der Waals surface area contributed by atoms with E-state index in [0.29, 0.717) is 11.4 Å². The summed E-state index contributed by atoms with van der Waals surface area (Å²) in [6.07, 6.45) is 1.72. The van der Waals surface area contributed by atoms with Crippen molar-refractivity contribution in [3.63, 3.8) is 0 Å². The summed E-state index contributed by atoms with van der Waals surface area (Å²) in [5.74, 6) is 0. The predicted molar refractivity (Wildman–Crippen MR) is 116 cm³/mol. The standard InChI is InChI=1S/C22H23N3O2S/c1-17-8-14-20(15-9-17)28(26,27)24-22-7-5-4-6-21(22)23-16-18-10-12-19(13-11-18)25(2)3/h4-16,24H,1-3H3. The maximum Gasteiger partial charge on any atom is 0.261 e. The zero-order chi connectivity index (χ0) is 20.1. The Morgan fingerprint density at radius 3 is 2.18 bits per heavy atom. The Bertz CT molecular complexity index is 1070. The molecule has 6 heteroatoms. The zero-order valence-corrected chi connectivity index (χ0v) is 16.9. The number of aryl methyl sites for hydroxylation is 1. The van der Waals surface area contributed by atoms with Gasteiger partial charge < -0.3 is 4.90 Å². The number of para-hydroxylation sites is 2. The molecule has 0 aromatic heterocycles. The SMILES string of the molecule is Cc1ccc(S(=O)(=O)Nc2ccccc2N=Cc2ccc(N(C)C)cc2)cc1.